The largest absolute Gasteiger partial charge is 0.321 e. The fourth-order valence-corrected chi connectivity index (χ4v) is 2.92. The lowest BCUT2D eigenvalue weighted by Crippen LogP contribution is -2.19. The van der Waals surface area contributed by atoms with Crippen molar-refractivity contribution in [3.05, 3.63) is 63.9 Å². The minimum Gasteiger partial charge on any atom is -0.321 e. The van der Waals surface area contributed by atoms with Crippen LogP contribution in [0.5, 0.6) is 0 Å². The molecule has 3 aromatic rings. The summed E-state index contributed by atoms with van der Waals surface area (Å²) in [7, 11) is 0. The molecule has 1 aromatic carbocycles. The molecular weight excluding hydrogens is 389 g/mol. The first kappa shape index (κ1) is 17.3. The van der Waals surface area contributed by atoms with Crippen LogP contribution in [0, 0.1) is 19.7 Å². The second-order valence-corrected chi connectivity index (χ2v) is 6.65. The van der Waals surface area contributed by atoms with Crippen molar-refractivity contribution in [2.45, 2.75) is 26.9 Å². The Hall–Kier alpha value is -2.48. The van der Waals surface area contributed by atoms with Crippen LogP contribution in [-0.4, -0.2) is 25.5 Å². The Labute approximate surface area is 152 Å². The van der Waals surface area contributed by atoms with E-state index in [2.05, 4.69) is 31.4 Å². The quantitative estimate of drug-likeness (QED) is 0.708. The number of carbonyl (C=O) groups excluding carboxylic acids is 1. The number of rotatable bonds is 5. The molecule has 1 N–H and O–H groups in total. The Morgan fingerprint density at radius 3 is 2.84 bits per heavy atom. The summed E-state index contributed by atoms with van der Waals surface area (Å²) < 4.78 is 17.4. The monoisotopic (exact) mass is 405 g/mol. The first-order chi connectivity index (χ1) is 11.9. The molecule has 0 aliphatic rings. The number of aromatic nitrogens is 4. The van der Waals surface area contributed by atoms with Crippen LogP contribution >= 0.6 is 15.9 Å². The van der Waals surface area contributed by atoms with Crippen molar-refractivity contribution in [2.24, 2.45) is 0 Å². The maximum Gasteiger partial charge on any atom is 0.246 e. The summed E-state index contributed by atoms with van der Waals surface area (Å²) in [6.07, 6.45) is 3.35. The highest BCUT2D eigenvalue weighted by Crippen LogP contribution is 2.21. The number of carbonyl (C=O) groups is 1. The molecule has 3 rings (SSSR count). The number of amides is 1. The zero-order valence-corrected chi connectivity index (χ0v) is 15.4. The van der Waals surface area contributed by atoms with Gasteiger partial charge in [0, 0.05) is 6.20 Å². The average molecular weight is 406 g/mol. The summed E-state index contributed by atoms with van der Waals surface area (Å²) in [5.41, 5.74) is 3.01. The lowest BCUT2D eigenvalue weighted by atomic mass is 10.2. The van der Waals surface area contributed by atoms with Crippen LogP contribution in [0.2, 0.25) is 0 Å². The topological polar surface area (TPSA) is 64.7 Å². The van der Waals surface area contributed by atoms with E-state index in [-0.39, 0.29) is 18.3 Å². The lowest BCUT2D eigenvalue weighted by molar-refractivity contribution is -0.116. The average Bonchev–Trinajstić information content (AvgIpc) is 3.06. The van der Waals surface area contributed by atoms with Gasteiger partial charge in [0.1, 0.15) is 12.4 Å². The molecule has 0 atom stereocenters. The van der Waals surface area contributed by atoms with Crippen molar-refractivity contribution in [3.63, 3.8) is 0 Å². The Kier molecular flexibility index (Phi) is 4.98. The first-order valence-electron chi connectivity index (χ1n) is 7.68. The third-order valence-electron chi connectivity index (χ3n) is 3.77. The van der Waals surface area contributed by atoms with Gasteiger partial charge >= 0.3 is 0 Å². The van der Waals surface area contributed by atoms with Gasteiger partial charge in [-0.1, -0.05) is 12.1 Å². The molecule has 2 aromatic heterocycles. The SMILES string of the molecule is Cc1nn(Cc2cccc(F)c2)c(C)c1NC(=O)Cn1cc(Br)cn1. The zero-order chi connectivity index (χ0) is 18.0. The summed E-state index contributed by atoms with van der Waals surface area (Å²) in [5.74, 6) is -0.468. The minimum absolute atomic E-state index is 0.111. The second kappa shape index (κ2) is 7.18. The standard InChI is InChI=1S/C17H17BrFN5O/c1-11-17(21-16(25)10-23-9-14(18)7-20-23)12(2)24(22-11)8-13-4-3-5-15(19)6-13/h3-7,9H,8,10H2,1-2H3,(H,21,25). The van der Waals surface area contributed by atoms with Gasteiger partial charge in [-0.3, -0.25) is 14.2 Å². The van der Waals surface area contributed by atoms with Crippen LogP contribution in [-0.2, 0) is 17.9 Å². The summed E-state index contributed by atoms with van der Waals surface area (Å²) in [5, 5.41) is 11.4. The molecule has 6 nitrogen and oxygen atoms in total. The van der Waals surface area contributed by atoms with E-state index < -0.39 is 0 Å². The van der Waals surface area contributed by atoms with Gasteiger partial charge in [0.25, 0.3) is 0 Å². The highest BCUT2D eigenvalue weighted by Gasteiger charge is 2.15. The third-order valence-corrected chi connectivity index (χ3v) is 4.18. The Morgan fingerprint density at radius 2 is 2.16 bits per heavy atom. The van der Waals surface area contributed by atoms with Gasteiger partial charge in [0.05, 0.1) is 34.3 Å². The van der Waals surface area contributed by atoms with Crippen LogP contribution in [0.3, 0.4) is 0 Å². The van der Waals surface area contributed by atoms with Crippen molar-refractivity contribution < 1.29 is 9.18 Å². The molecule has 0 radical (unpaired) electrons. The van der Waals surface area contributed by atoms with Crippen LogP contribution in [0.1, 0.15) is 17.0 Å². The maximum absolute atomic E-state index is 13.3. The lowest BCUT2D eigenvalue weighted by Gasteiger charge is -2.07. The van der Waals surface area contributed by atoms with Crippen molar-refractivity contribution in [2.75, 3.05) is 5.32 Å². The highest BCUT2D eigenvalue weighted by molar-refractivity contribution is 9.10. The zero-order valence-electron chi connectivity index (χ0n) is 13.8. The van der Waals surface area contributed by atoms with E-state index in [4.69, 9.17) is 0 Å². The van der Waals surface area contributed by atoms with Crippen molar-refractivity contribution in [1.29, 1.82) is 0 Å². The molecule has 130 valence electrons. The van der Waals surface area contributed by atoms with Gasteiger partial charge in [0.15, 0.2) is 0 Å². The predicted octanol–water partition coefficient (Wildman–Crippen LogP) is 3.29. The maximum atomic E-state index is 13.3. The van der Waals surface area contributed by atoms with E-state index in [0.29, 0.717) is 17.9 Å². The van der Waals surface area contributed by atoms with E-state index in [9.17, 15) is 9.18 Å². The van der Waals surface area contributed by atoms with Gasteiger partial charge in [0.2, 0.25) is 5.91 Å². The van der Waals surface area contributed by atoms with Crippen molar-refractivity contribution in [3.8, 4) is 0 Å². The number of anilines is 1. The highest BCUT2D eigenvalue weighted by atomic mass is 79.9. The van der Waals surface area contributed by atoms with Crippen molar-refractivity contribution >= 4 is 27.5 Å². The number of benzene rings is 1. The summed E-state index contributed by atoms with van der Waals surface area (Å²) in [6.45, 7) is 4.25. The number of halogens is 2. The molecule has 25 heavy (non-hydrogen) atoms. The number of hydrogen-bond acceptors (Lipinski definition) is 3. The van der Waals surface area contributed by atoms with Crippen LogP contribution in [0.4, 0.5) is 10.1 Å². The number of nitrogens with zero attached hydrogens (tertiary/aromatic N) is 4. The second-order valence-electron chi connectivity index (χ2n) is 5.74. The van der Waals surface area contributed by atoms with Crippen molar-refractivity contribution in [1.82, 2.24) is 19.6 Å². The molecule has 0 unspecified atom stereocenters. The van der Waals surface area contributed by atoms with Crippen LogP contribution in [0.15, 0.2) is 41.1 Å². The predicted molar refractivity (Wildman–Crippen MR) is 95.8 cm³/mol. The van der Waals surface area contributed by atoms with E-state index in [1.54, 1.807) is 27.8 Å². The van der Waals surface area contributed by atoms with Gasteiger partial charge < -0.3 is 5.32 Å². The van der Waals surface area contributed by atoms with Crippen LogP contribution < -0.4 is 5.32 Å². The smallest absolute Gasteiger partial charge is 0.246 e. The van der Waals surface area contributed by atoms with E-state index in [1.807, 2.05) is 19.9 Å². The molecule has 0 saturated carbocycles. The molecule has 0 spiro atoms. The minimum atomic E-state index is -0.280. The van der Waals surface area contributed by atoms with Gasteiger partial charge in [-0.15, -0.1) is 0 Å². The third kappa shape index (κ3) is 4.14. The van der Waals surface area contributed by atoms with Gasteiger partial charge in [-0.05, 0) is 47.5 Å². The summed E-state index contributed by atoms with van der Waals surface area (Å²) >= 11 is 3.30. The fourth-order valence-electron chi connectivity index (χ4n) is 2.59. The van der Waals surface area contributed by atoms with Gasteiger partial charge in [-0.2, -0.15) is 10.2 Å². The number of aryl methyl sites for hydroxylation is 1. The molecule has 0 aliphatic heterocycles. The van der Waals surface area contributed by atoms with Gasteiger partial charge in [-0.25, -0.2) is 4.39 Å². The fraction of sp³-hybridized carbons (Fsp3) is 0.235. The molecular formula is C17H17BrFN5O. The number of hydrogen-bond donors (Lipinski definition) is 1. The molecule has 0 bridgehead atoms. The summed E-state index contributed by atoms with van der Waals surface area (Å²) in [6, 6.07) is 6.39. The Bertz CT molecular complexity index is 918. The number of nitrogens with one attached hydrogen (secondary N) is 1. The Morgan fingerprint density at radius 1 is 1.36 bits per heavy atom. The summed E-state index contributed by atoms with van der Waals surface area (Å²) in [4.78, 5) is 12.2. The van der Waals surface area contributed by atoms with E-state index >= 15 is 0 Å². The molecule has 0 aliphatic carbocycles. The Balaban J connectivity index is 1.74. The molecule has 8 heteroatoms. The van der Waals surface area contributed by atoms with E-state index in [1.165, 1.54) is 12.1 Å². The molecule has 2 heterocycles. The normalized spacial score (nSPS) is 10.9. The first-order valence-corrected chi connectivity index (χ1v) is 8.48. The molecule has 0 fully saturated rings. The van der Waals surface area contributed by atoms with E-state index in [0.717, 1.165) is 15.7 Å². The molecule has 0 saturated heterocycles. The molecule has 1 amide bonds. The van der Waals surface area contributed by atoms with Crippen LogP contribution in [0.25, 0.3) is 0 Å².